The van der Waals surface area contributed by atoms with Crippen molar-refractivity contribution in [3.05, 3.63) is 88.4 Å². The van der Waals surface area contributed by atoms with Gasteiger partial charge in [-0.1, -0.05) is 24.3 Å². The standard InChI is InChI=1S/C28H27N3O3S/c1-18-29-26-13-25(10-11-27(26)35-18)34-24-8-4-20(5-9-24)15-31-17-22-12-23(31)16-30(22)14-19-2-6-21(7-3-19)28(32)33/h2-11,13,22-23H,12,14-17H2,1H3,(H,32,33)/t22-,23-/m0/s1. The molecule has 1 aromatic heterocycles. The molecule has 0 saturated carbocycles. The summed E-state index contributed by atoms with van der Waals surface area (Å²) in [5.74, 6) is 0.771. The van der Waals surface area contributed by atoms with E-state index >= 15 is 0 Å². The predicted octanol–water partition coefficient (Wildman–Crippen LogP) is 5.55. The summed E-state index contributed by atoms with van der Waals surface area (Å²) in [7, 11) is 0. The number of aryl methyl sites for hydroxylation is 1. The summed E-state index contributed by atoms with van der Waals surface area (Å²) in [5, 5.41) is 10.2. The summed E-state index contributed by atoms with van der Waals surface area (Å²) in [6.45, 7) is 5.99. The van der Waals surface area contributed by atoms with Gasteiger partial charge in [0.05, 0.1) is 20.8 Å². The number of aromatic nitrogens is 1. The Bertz CT molecular complexity index is 1370. The number of ether oxygens (including phenoxy) is 1. The molecule has 2 fully saturated rings. The maximum Gasteiger partial charge on any atom is 0.335 e. The van der Waals surface area contributed by atoms with Crippen LogP contribution < -0.4 is 4.74 Å². The van der Waals surface area contributed by atoms with Gasteiger partial charge >= 0.3 is 5.97 Å². The molecule has 7 heteroatoms. The minimum atomic E-state index is -0.876. The number of carbonyl (C=O) groups is 1. The lowest BCUT2D eigenvalue weighted by Crippen LogP contribution is -2.45. The van der Waals surface area contributed by atoms with Crippen molar-refractivity contribution >= 4 is 27.5 Å². The third-order valence-electron chi connectivity index (χ3n) is 7.06. The fourth-order valence-electron chi connectivity index (χ4n) is 5.33. The second kappa shape index (κ2) is 9.07. The molecule has 0 radical (unpaired) electrons. The molecular weight excluding hydrogens is 458 g/mol. The van der Waals surface area contributed by atoms with E-state index in [1.165, 1.54) is 22.2 Å². The fraction of sp³-hybridized carbons (Fsp3) is 0.286. The Morgan fingerprint density at radius 3 is 2.14 bits per heavy atom. The summed E-state index contributed by atoms with van der Waals surface area (Å²) in [6, 6.07) is 22.9. The largest absolute Gasteiger partial charge is 0.478 e. The van der Waals surface area contributed by atoms with Crippen LogP contribution in [-0.4, -0.2) is 51.0 Å². The van der Waals surface area contributed by atoms with Crippen LogP contribution in [0, 0.1) is 6.92 Å². The normalized spacial score (nSPS) is 20.0. The van der Waals surface area contributed by atoms with Crippen molar-refractivity contribution in [2.45, 2.75) is 38.5 Å². The first-order valence-electron chi connectivity index (χ1n) is 11.9. The third-order valence-corrected chi connectivity index (χ3v) is 8.02. The van der Waals surface area contributed by atoms with Gasteiger partial charge in [-0.05, 0) is 60.9 Å². The van der Waals surface area contributed by atoms with Crippen molar-refractivity contribution in [2.75, 3.05) is 13.1 Å². The highest BCUT2D eigenvalue weighted by molar-refractivity contribution is 7.18. The molecule has 2 saturated heterocycles. The SMILES string of the molecule is Cc1nc2cc(Oc3ccc(CN4C[C@@H]5C[C@H]4CN5Cc4ccc(C(=O)O)cc4)cc3)ccc2s1. The van der Waals surface area contributed by atoms with Crippen LogP contribution in [0.25, 0.3) is 10.2 Å². The van der Waals surface area contributed by atoms with Crippen molar-refractivity contribution in [3.63, 3.8) is 0 Å². The van der Waals surface area contributed by atoms with Crippen LogP contribution in [0.2, 0.25) is 0 Å². The summed E-state index contributed by atoms with van der Waals surface area (Å²) in [5.41, 5.74) is 3.80. The number of piperazine rings is 1. The van der Waals surface area contributed by atoms with Crippen LogP contribution >= 0.6 is 11.3 Å². The highest BCUT2D eigenvalue weighted by Gasteiger charge is 2.42. The molecule has 4 aromatic rings. The Kier molecular flexibility index (Phi) is 5.76. The number of fused-ring (bicyclic) bond motifs is 3. The number of aromatic carboxylic acids is 1. The molecule has 2 atom stereocenters. The maximum atomic E-state index is 11.1. The van der Waals surface area contributed by atoms with E-state index in [1.807, 2.05) is 43.3 Å². The average Bonchev–Trinajstić information content (AvgIpc) is 3.53. The van der Waals surface area contributed by atoms with Crippen LogP contribution in [0.5, 0.6) is 11.5 Å². The average molecular weight is 486 g/mol. The number of rotatable bonds is 7. The zero-order valence-electron chi connectivity index (χ0n) is 19.6. The predicted molar refractivity (Wildman–Crippen MR) is 137 cm³/mol. The maximum absolute atomic E-state index is 11.1. The van der Waals surface area contributed by atoms with Gasteiger partial charge in [-0.3, -0.25) is 9.80 Å². The van der Waals surface area contributed by atoms with Crippen molar-refractivity contribution in [1.82, 2.24) is 14.8 Å². The number of hydrogen-bond acceptors (Lipinski definition) is 6. The van der Waals surface area contributed by atoms with Gasteiger partial charge in [0.1, 0.15) is 11.5 Å². The van der Waals surface area contributed by atoms with Crippen molar-refractivity contribution < 1.29 is 14.6 Å². The van der Waals surface area contributed by atoms with Gasteiger partial charge in [-0.2, -0.15) is 0 Å². The Balaban J connectivity index is 1.03. The topological polar surface area (TPSA) is 65.9 Å². The number of carboxylic acids is 1. The monoisotopic (exact) mass is 485 g/mol. The van der Waals surface area contributed by atoms with E-state index in [0.29, 0.717) is 17.6 Å². The number of hydrogen-bond donors (Lipinski definition) is 1. The smallest absolute Gasteiger partial charge is 0.335 e. The summed E-state index contributed by atoms with van der Waals surface area (Å²) in [4.78, 5) is 20.7. The molecule has 2 aliphatic heterocycles. The summed E-state index contributed by atoms with van der Waals surface area (Å²) in [6.07, 6.45) is 1.20. The number of likely N-dealkylation sites (tertiary alicyclic amines) is 2. The molecule has 6 rings (SSSR count). The molecule has 0 aliphatic carbocycles. The van der Waals surface area contributed by atoms with Crippen molar-refractivity contribution in [1.29, 1.82) is 0 Å². The number of benzene rings is 3. The van der Waals surface area contributed by atoms with Crippen LogP contribution in [-0.2, 0) is 13.1 Å². The first-order valence-corrected chi connectivity index (χ1v) is 12.8. The Hall–Kier alpha value is -3.26. The second-order valence-electron chi connectivity index (χ2n) is 9.51. The summed E-state index contributed by atoms with van der Waals surface area (Å²) >= 11 is 1.70. The lowest BCUT2D eigenvalue weighted by Gasteiger charge is -2.34. The Morgan fingerprint density at radius 2 is 1.54 bits per heavy atom. The molecule has 2 aliphatic rings. The lowest BCUT2D eigenvalue weighted by molar-refractivity contribution is 0.0697. The van der Waals surface area contributed by atoms with Gasteiger partial charge in [-0.15, -0.1) is 11.3 Å². The second-order valence-corrected chi connectivity index (χ2v) is 10.7. The zero-order chi connectivity index (χ0) is 23.9. The molecule has 2 bridgehead atoms. The van der Waals surface area contributed by atoms with Crippen LogP contribution in [0.15, 0.2) is 66.7 Å². The van der Waals surface area contributed by atoms with Gasteiger partial charge < -0.3 is 9.84 Å². The molecule has 3 aromatic carbocycles. The quantitative estimate of drug-likeness (QED) is 0.370. The van der Waals surface area contributed by atoms with Crippen molar-refractivity contribution in [3.8, 4) is 11.5 Å². The molecule has 0 spiro atoms. The first kappa shape index (κ1) is 22.2. The highest BCUT2D eigenvalue weighted by atomic mass is 32.1. The van der Waals surface area contributed by atoms with Gasteiger partial charge in [0, 0.05) is 44.3 Å². The first-order chi connectivity index (χ1) is 17.0. The van der Waals surface area contributed by atoms with Crippen LogP contribution in [0.1, 0.15) is 32.9 Å². The minimum absolute atomic E-state index is 0.343. The number of carboxylic acid groups (broad SMARTS) is 1. The van der Waals surface area contributed by atoms with Gasteiger partial charge in [-0.25, -0.2) is 9.78 Å². The zero-order valence-corrected chi connectivity index (χ0v) is 20.4. The molecule has 3 heterocycles. The van der Waals surface area contributed by atoms with Crippen LogP contribution in [0.4, 0.5) is 0 Å². The highest BCUT2D eigenvalue weighted by Crippen LogP contribution is 2.33. The van der Waals surface area contributed by atoms with E-state index in [9.17, 15) is 4.79 Å². The minimum Gasteiger partial charge on any atom is -0.478 e. The third kappa shape index (κ3) is 4.67. The van der Waals surface area contributed by atoms with Crippen molar-refractivity contribution in [2.24, 2.45) is 0 Å². The van der Waals surface area contributed by atoms with E-state index in [2.05, 4.69) is 33.0 Å². The Morgan fingerprint density at radius 1 is 0.943 bits per heavy atom. The molecule has 35 heavy (non-hydrogen) atoms. The number of nitrogens with zero attached hydrogens (tertiary/aromatic N) is 3. The molecule has 6 nitrogen and oxygen atoms in total. The fourth-order valence-corrected chi connectivity index (χ4v) is 6.13. The Labute approximate surface area is 208 Å². The molecule has 0 unspecified atom stereocenters. The molecular formula is C28H27N3O3S. The molecule has 0 amide bonds. The van der Waals surface area contributed by atoms with Gasteiger partial charge in [0.15, 0.2) is 0 Å². The van der Waals surface area contributed by atoms with Crippen LogP contribution in [0.3, 0.4) is 0 Å². The van der Waals surface area contributed by atoms with E-state index in [0.717, 1.165) is 48.2 Å². The lowest BCUT2D eigenvalue weighted by atomic mass is 10.1. The van der Waals surface area contributed by atoms with Gasteiger partial charge in [0.25, 0.3) is 0 Å². The molecule has 178 valence electrons. The van der Waals surface area contributed by atoms with E-state index in [4.69, 9.17) is 9.84 Å². The van der Waals surface area contributed by atoms with Gasteiger partial charge in [0.2, 0.25) is 0 Å². The van der Waals surface area contributed by atoms with E-state index in [1.54, 1.807) is 23.5 Å². The summed E-state index contributed by atoms with van der Waals surface area (Å²) < 4.78 is 7.25. The number of thiazole rings is 1. The van der Waals surface area contributed by atoms with E-state index < -0.39 is 5.97 Å². The molecule has 1 N–H and O–H groups in total. The van der Waals surface area contributed by atoms with E-state index in [-0.39, 0.29) is 0 Å².